The maximum absolute atomic E-state index is 13.0. The molecule has 0 bridgehead atoms. The van der Waals surface area contributed by atoms with Crippen LogP contribution in [-0.2, 0) is 6.61 Å². The van der Waals surface area contributed by atoms with Gasteiger partial charge in [0, 0.05) is 27.8 Å². The molecular formula is C22H20FN3O2S. The number of aromatic nitrogens is 3. The summed E-state index contributed by atoms with van der Waals surface area (Å²) in [6.07, 6.45) is 0. The molecule has 2 heterocycles. The molecule has 0 fully saturated rings. The molecule has 0 spiro atoms. The van der Waals surface area contributed by atoms with E-state index in [-0.39, 0.29) is 18.2 Å². The van der Waals surface area contributed by atoms with Gasteiger partial charge < -0.3 is 9.84 Å². The standard InChI is InChI=1S/C22H20FN3O2S/c1-12-19(28-10-15-4-6-16(23)7-5-15)9-8-17(22(12)27)21-20(13(2)25-26-21)18-11-29-14(3)24-18/h4-9,11,27H,10H2,1-3H3,(H,25,26). The molecule has 5 nitrogen and oxygen atoms in total. The summed E-state index contributed by atoms with van der Waals surface area (Å²) in [6.45, 7) is 5.97. The predicted octanol–water partition coefficient (Wildman–Crippen LogP) is 5.55. The molecule has 0 amide bonds. The zero-order chi connectivity index (χ0) is 20.5. The van der Waals surface area contributed by atoms with Crippen molar-refractivity contribution in [2.75, 3.05) is 0 Å². The quantitative estimate of drug-likeness (QED) is 0.453. The summed E-state index contributed by atoms with van der Waals surface area (Å²) in [7, 11) is 0. The summed E-state index contributed by atoms with van der Waals surface area (Å²) in [5.41, 5.74) is 5.33. The number of benzene rings is 2. The molecule has 0 aliphatic heterocycles. The molecule has 7 heteroatoms. The van der Waals surface area contributed by atoms with Gasteiger partial charge in [0.2, 0.25) is 0 Å². The van der Waals surface area contributed by atoms with Crippen molar-refractivity contribution in [2.45, 2.75) is 27.4 Å². The van der Waals surface area contributed by atoms with Crippen LogP contribution in [-0.4, -0.2) is 20.3 Å². The molecule has 148 valence electrons. The number of phenolic OH excluding ortho intramolecular Hbond substituents is 1. The minimum absolute atomic E-state index is 0.112. The molecule has 2 aromatic heterocycles. The van der Waals surface area contributed by atoms with Crippen molar-refractivity contribution < 1.29 is 14.2 Å². The molecule has 0 saturated carbocycles. The second kappa shape index (κ2) is 7.67. The lowest BCUT2D eigenvalue weighted by molar-refractivity contribution is 0.302. The lowest BCUT2D eigenvalue weighted by Crippen LogP contribution is -1.98. The first-order valence-corrected chi connectivity index (χ1v) is 9.99. The molecule has 0 aliphatic carbocycles. The van der Waals surface area contributed by atoms with Crippen LogP contribution in [0.4, 0.5) is 4.39 Å². The highest BCUT2D eigenvalue weighted by Crippen LogP contribution is 2.41. The van der Waals surface area contributed by atoms with Crippen LogP contribution < -0.4 is 4.74 Å². The topological polar surface area (TPSA) is 71.0 Å². The van der Waals surface area contributed by atoms with Crippen LogP contribution in [0.2, 0.25) is 0 Å². The van der Waals surface area contributed by atoms with Crippen LogP contribution in [0, 0.1) is 26.6 Å². The first kappa shape index (κ1) is 19.1. The average Bonchev–Trinajstić information content (AvgIpc) is 3.29. The highest BCUT2D eigenvalue weighted by atomic mass is 32.1. The van der Waals surface area contributed by atoms with Gasteiger partial charge >= 0.3 is 0 Å². The maximum atomic E-state index is 13.0. The lowest BCUT2D eigenvalue weighted by atomic mass is 10.0. The number of aryl methyl sites for hydroxylation is 2. The highest BCUT2D eigenvalue weighted by molar-refractivity contribution is 7.09. The Hall–Kier alpha value is -3.19. The number of nitrogens with zero attached hydrogens (tertiary/aromatic N) is 2. The van der Waals surface area contributed by atoms with Gasteiger partial charge in [0.1, 0.15) is 29.6 Å². The molecule has 0 radical (unpaired) electrons. The summed E-state index contributed by atoms with van der Waals surface area (Å²) >= 11 is 1.57. The Morgan fingerprint density at radius 2 is 1.86 bits per heavy atom. The zero-order valence-corrected chi connectivity index (χ0v) is 17.1. The van der Waals surface area contributed by atoms with Crippen LogP contribution in [0.1, 0.15) is 21.8 Å². The van der Waals surface area contributed by atoms with E-state index in [1.807, 2.05) is 25.3 Å². The molecule has 2 aromatic carbocycles. The summed E-state index contributed by atoms with van der Waals surface area (Å²) in [5.74, 6) is 0.391. The van der Waals surface area contributed by atoms with Crippen LogP contribution in [0.15, 0.2) is 41.8 Å². The molecule has 0 atom stereocenters. The molecular weight excluding hydrogens is 389 g/mol. The lowest BCUT2D eigenvalue weighted by Gasteiger charge is -2.13. The summed E-state index contributed by atoms with van der Waals surface area (Å²) < 4.78 is 18.9. The summed E-state index contributed by atoms with van der Waals surface area (Å²) in [4.78, 5) is 4.56. The largest absolute Gasteiger partial charge is 0.507 e. The molecule has 4 aromatic rings. The van der Waals surface area contributed by atoms with Gasteiger partial charge in [-0.25, -0.2) is 9.37 Å². The second-order valence-electron chi connectivity index (χ2n) is 6.82. The van der Waals surface area contributed by atoms with Gasteiger partial charge in [-0.1, -0.05) is 12.1 Å². The number of aromatic hydroxyl groups is 1. The second-order valence-corrected chi connectivity index (χ2v) is 7.89. The van der Waals surface area contributed by atoms with E-state index in [4.69, 9.17) is 4.74 Å². The predicted molar refractivity (Wildman–Crippen MR) is 112 cm³/mol. The van der Waals surface area contributed by atoms with Crippen LogP contribution in [0.25, 0.3) is 22.5 Å². The number of H-pyrrole nitrogens is 1. The zero-order valence-electron chi connectivity index (χ0n) is 16.3. The average molecular weight is 409 g/mol. The highest BCUT2D eigenvalue weighted by Gasteiger charge is 2.21. The van der Waals surface area contributed by atoms with E-state index in [1.165, 1.54) is 12.1 Å². The van der Waals surface area contributed by atoms with Gasteiger partial charge in [0.25, 0.3) is 0 Å². The number of aromatic amines is 1. The number of ether oxygens (including phenoxy) is 1. The van der Waals surface area contributed by atoms with Crippen LogP contribution >= 0.6 is 11.3 Å². The van der Waals surface area contributed by atoms with E-state index in [0.29, 0.717) is 22.6 Å². The number of rotatable bonds is 5. The van der Waals surface area contributed by atoms with Crippen molar-refractivity contribution in [1.82, 2.24) is 15.2 Å². The van der Waals surface area contributed by atoms with E-state index in [2.05, 4.69) is 15.2 Å². The van der Waals surface area contributed by atoms with E-state index < -0.39 is 0 Å². The summed E-state index contributed by atoms with van der Waals surface area (Å²) in [6, 6.07) is 9.75. The Kier molecular flexibility index (Phi) is 5.07. The third kappa shape index (κ3) is 3.73. The van der Waals surface area contributed by atoms with Gasteiger partial charge in [0.15, 0.2) is 0 Å². The fourth-order valence-corrected chi connectivity index (χ4v) is 3.79. The van der Waals surface area contributed by atoms with Crippen molar-refractivity contribution in [3.63, 3.8) is 0 Å². The minimum atomic E-state index is -0.285. The minimum Gasteiger partial charge on any atom is -0.507 e. The fraction of sp³-hybridized carbons (Fsp3) is 0.182. The van der Waals surface area contributed by atoms with E-state index >= 15 is 0 Å². The van der Waals surface area contributed by atoms with Gasteiger partial charge in [-0.2, -0.15) is 5.10 Å². The first-order chi connectivity index (χ1) is 13.9. The Bertz CT molecular complexity index is 1170. The van der Waals surface area contributed by atoms with Gasteiger partial charge in [-0.3, -0.25) is 5.10 Å². The molecule has 4 rings (SSSR count). The molecule has 0 saturated heterocycles. The van der Waals surface area contributed by atoms with E-state index in [0.717, 1.165) is 27.5 Å². The fourth-order valence-electron chi connectivity index (χ4n) is 3.19. The van der Waals surface area contributed by atoms with E-state index in [9.17, 15) is 9.50 Å². The smallest absolute Gasteiger partial charge is 0.131 e. The molecule has 0 unspecified atom stereocenters. The van der Waals surface area contributed by atoms with Gasteiger partial charge in [-0.15, -0.1) is 11.3 Å². The maximum Gasteiger partial charge on any atom is 0.131 e. The van der Waals surface area contributed by atoms with Crippen molar-refractivity contribution in [3.05, 3.63) is 69.4 Å². The third-order valence-electron chi connectivity index (χ3n) is 4.77. The van der Waals surface area contributed by atoms with Crippen molar-refractivity contribution >= 4 is 11.3 Å². The van der Waals surface area contributed by atoms with Crippen molar-refractivity contribution in [3.8, 4) is 34.0 Å². The number of thiazole rings is 1. The first-order valence-electron chi connectivity index (χ1n) is 9.11. The summed E-state index contributed by atoms with van der Waals surface area (Å²) in [5, 5.41) is 21.2. The SMILES string of the molecule is Cc1nc(-c2c(-c3ccc(OCc4ccc(F)cc4)c(C)c3O)n[nH]c2C)cs1. The van der Waals surface area contributed by atoms with Crippen molar-refractivity contribution in [1.29, 1.82) is 0 Å². The Morgan fingerprint density at radius 3 is 2.55 bits per heavy atom. The van der Waals surface area contributed by atoms with E-state index in [1.54, 1.807) is 36.5 Å². The molecule has 2 N–H and O–H groups in total. The normalized spacial score (nSPS) is 11.0. The van der Waals surface area contributed by atoms with Crippen molar-refractivity contribution in [2.24, 2.45) is 0 Å². The Labute approximate surface area is 171 Å². The monoisotopic (exact) mass is 409 g/mol. The third-order valence-corrected chi connectivity index (χ3v) is 5.54. The van der Waals surface area contributed by atoms with Gasteiger partial charge in [-0.05, 0) is 50.6 Å². The van der Waals surface area contributed by atoms with Crippen LogP contribution in [0.3, 0.4) is 0 Å². The number of halogens is 1. The van der Waals surface area contributed by atoms with Crippen LogP contribution in [0.5, 0.6) is 11.5 Å². The molecule has 29 heavy (non-hydrogen) atoms. The Morgan fingerprint density at radius 1 is 1.10 bits per heavy atom. The Balaban J connectivity index is 1.65. The molecule has 0 aliphatic rings. The van der Waals surface area contributed by atoms with Gasteiger partial charge in [0.05, 0.1) is 10.7 Å². The number of nitrogens with one attached hydrogen (secondary N) is 1. The number of phenols is 1. The number of hydrogen-bond donors (Lipinski definition) is 2. The number of hydrogen-bond acceptors (Lipinski definition) is 5.